The summed E-state index contributed by atoms with van der Waals surface area (Å²) in [6.45, 7) is 2.03. The van der Waals surface area contributed by atoms with E-state index in [9.17, 15) is 4.39 Å². The van der Waals surface area contributed by atoms with Crippen LogP contribution in [-0.4, -0.2) is 16.0 Å². The lowest BCUT2D eigenvalue weighted by molar-refractivity contribution is 0.435. The van der Waals surface area contributed by atoms with E-state index < -0.39 is 0 Å². The highest BCUT2D eigenvalue weighted by Crippen LogP contribution is 2.42. The predicted octanol–water partition coefficient (Wildman–Crippen LogP) is 5.77. The molecule has 5 heteroatoms. The van der Waals surface area contributed by atoms with Crippen molar-refractivity contribution in [3.8, 4) is 17.3 Å². The number of benzene rings is 3. The molecule has 4 nitrogen and oxygen atoms in total. The fourth-order valence-corrected chi connectivity index (χ4v) is 3.51. The fourth-order valence-electron chi connectivity index (χ4n) is 3.51. The lowest BCUT2D eigenvalue weighted by Crippen LogP contribution is -2.03. The Morgan fingerprint density at radius 1 is 1.00 bits per heavy atom. The van der Waals surface area contributed by atoms with Crippen LogP contribution in [-0.2, 0) is 6.42 Å². The molecule has 0 N–H and O–H groups in total. The van der Waals surface area contributed by atoms with Crippen molar-refractivity contribution in [3.63, 3.8) is 0 Å². The van der Waals surface area contributed by atoms with Gasteiger partial charge < -0.3 is 4.74 Å². The van der Waals surface area contributed by atoms with E-state index in [1.807, 2.05) is 49.4 Å². The van der Waals surface area contributed by atoms with Gasteiger partial charge >= 0.3 is 0 Å². The first-order valence-electron chi connectivity index (χ1n) is 9.42. The molecule has 29 heavy (non-hydrogen) atoms. The minimum absolute atomic E-state index is 0.269. The van der Waals surface area contributed by atoms with Gasteiger partial charge in [-0.1, -0.05) is 48.5 Å². The largest absolute Gasteiger partial charge is 0.437 e. The number of hydrogen-bond acceptors (Lipinski definition) is 3. The zero-order valence-corrected chi connectivity index (χ0v) is 15.8. The zero-order chi connectivity index (χ0) is 19.8. The molecule has 0 spiro atoms. The SMILES string of the molecule is Cc1cccc2c1Oc1nn(-c3ccccc3)c(/N=C/c3ccc(F)cc3)c1C2. The average molecular weight is 383 g/mol. The third-order valence-corrected chi connectivity index (χ3v) is 4.99. The summed E-state index contributed by atoms with van der Waals surface area (Å²) in [5.41, 5.74) is 4.85. The van der Waals surface area contributed by atoms with E-state index in [0.717, 1.165) is 33.7 Å². The van der Waals surface area contributed by atoms with Crippen molar-refractivity contribution in [1.82, 2.24) is 9.78 Å². The molecular formula is C24H18FN3O. The molecule has 0 radical (unpaired) electrons. The molecule has 5 rings (SSSR count). The Bertz CT molecular complexity index is 1210. The van der Waals surface area contributed by atoms with Crippen LogP contribution in [0, 0.1) is 12.7 Å². The van der Waals surface area contributed by atoms with Crippen LogP contribution in [0.4, 0.5) is 10.2 Å². The monoisotopic (exact) mass is 383 g/mol. The van der Waals surface area contributed by atoms with Crippen LogP contribution >= 0.6 is 0 Å². The van der Waals surface area contributed by atoms with Gasteiger partial charge in [0, 0.05) is 12.6 Å². The topological polar surface area (TPSA) is 39.4 Å². The Labute approximate surface area is 167 Å². The minimum Gasteiger partial charge on any atom is -0.437 e. The molecule has 0 saturated carbocycles. The maximum atomic E-state index is 13.2. The third kappa shape index (κ3) is 3.21. The Kier molecular flexibility index (Phi) is 4.21. The van der Waals surface area contributed by atoms with Crippen LogP contribution in [0.25, 0.3) is 5.69 Å². The van der Waals surface area contributed by atoms with Gasteiger partial charge in [0.05, 0.1) is 11.3 Å². The molecule has 4 aromatic rings. The molecule has 0 unspecified atom stereocenters. The highest BCUT2D eigenvalue weighted by atomic mass is 19.1. The maximum absolute atomic E-state index is 13.2. The lowest BCUT2D eigenvalue weighted by atomic mass is 10.0. The first-order chi connectivity index (χ1) is 14.2. The normalized spacial score (nSPS) is 12.5. The van der Waals surface area contributed by atoms with Crippen molar-refractivity contribution >= 4 is 12.0 Å². The van der Waals surface area contributed by atoms with Crippen LogP contribution in [0.1, 0.15) is 22.3 Å². The van der Waals surface area contributed by atoms with E-state index in [-0.39, 0.29) is 5.82 Å². The van der Waals surface area contributed by atoms with Crippen LogP contribution in [0.3, 0.4) is 0 Å². The molecule has 1 aliphatic rings. The Balaban J connectivity index is 1.63. The van der Waals surface area contributed by atoms with E-state index in [1.54, 1.807) is 23.0 Å². The fraction of sp³-hybridized carbons (Fsp3) is 0.0833. The van der Waals surface area contributed by atoms with Crippen LogP contribution in [0.2, 0.25) is 0 Å². The van der Waals surface area contributed by atoms with Gasteiger partial charge in [0.25, 0.3) is 0 Å². The maximum Gasteiger partial charge on any atom is 0.244 e. The first-order valence-corrected chi connectivity index (χ1v) is 9.42. The molecular weight excluding hydrogens is 365 g/mol. The number of aryl methyl sites for hydroxylation is 1. The first kappa shape index (κ1) is 17.4. The molecule has 0 atom stereocenters. The summed E-state index contributed by atoms with van der Waals surface area (Å²) in [6, 6.07) is 22.2. The average Bonchev–Trinajstić information content (AvgIpc) is 3.10. The van der Waals surface area contributed by atoms with Gasteiger partial charge in [0.2, 0.25) is 5.88 Å². The second kappa shape index (κ2) is 7.02. The van der Waals surface area contributed by atoms with E-state index in [1.165, 1.54) is 12.1 Å². The summed E-state index contributed by atoms with van der Waals surface area (Å²) in [7, 11) is 0. The molecule has 1 aliphatic heterocycles. The molecule has 2 heterocycles. The van der Waals surface area contributed by atoms with Gasteiger partial charge in [-0.2, -0.15) is 0 Å². The summed E-state index contributed by atoms with van der Waals surface area (Å²) in [5.74, 6) is 1.88. The second-order valence-electron chi connectivity index (χ2n) is 7.01. The van der Waals surface area contributed by atoms with Gasteiger partial charge in [0.15, 0.2) is 5.82 Å². The predicted molar refractivity (Wildman–Crippen MR) is 111 cm³/mol. The van der Waals surface area contributed by atoms with Crippen molar-refractivity contribution in [2.24, 2.45) is 4.99 Å². The van der Waals surface area contributed by atoms with Gasteiger partial charge in [-0.25, -0.2) is 14.1 Å². The molecule has 0 aliphatic carbocycles. The number of ether oxygens (including phenoxy) is 1. The quantitative estimate of drug-likeness (QED) is 0.371. The molecule has 1 aromatic heterocycles. The van der Waals surface area contributed by atoms with Crippen LogP contribution < -0.4 is 4.74 Å². The number of halogens is 1. The smallest absolute Gasteiger partial charge is 0.244 e. The van der Waals surface area contributed by atoms with Crippen LogP contribution in [0.5, 0.6) is 11.6 Å². The number of aromatic nitrogens is 2. The van der Waals surface area contributed by atoms with Crippen LogP contribution in [0.15, 0.2) is 77.8 Å². The molecule has 0 saturated heterocycles. The summed E-state index contributed by atoms with van der Waals surface area (Å²) in [6.07, 6.45) is 2.41. The Hall–Kier alpha value is -3.73. The summed E-state index contributed by atoms with van der Waals surface area (Å²) >= 11 is 0. The number of fused-ring (bicyclic) bond motifs is 2. The Morgan fingerprint density at radius 3 is 2.59 bits per heavy atom. The van der Waals surface area contributed by atoms with Gasteiger partial charge in [-0.3, -0.25) is 0 Å². The van der Waals surface area contributed by atoms with E-state index >= 15 is 0 Å². The van der Waals surface area contributed by atoms with Crippen molar-refractivity contribution in [1.29, 1.82) is 0 Å². The number of nitrogens with zero attached hydrogens (tertiary/aromatic N) is 3. The van der Waals surface area contributed by atoms with Gasteiger partial charge in [-0.15, -0.1) is 5.10 Å². The number of aliphatic imine (C=N–C) groups is 1. The standard InChI is InChI=1S/C24H18FN3O/c1-16-6-5-7-18-14-21-23(26-15-17-10-12-19(25)13-11-17)28(20-8-3-2-4-9-20)27-24(21)29-22(16)18/h2-13,15H,14H2,1H3/b26-15+. The Morgan fingerprint density at radius 2 is 1.79 bits per heavy atom. The second-order valence-corrected chi connectivity index (χ2v) is 7.01. The minimum atomic E-state index is -0.269. The van der Waals surface area contributed by atoms with Crippen molar-refractivity contribution in [3.05, 3.63) is 101 Å². The summed E-state index contributed by atoms with van der Waals surface area (Å²) in [4.78, 5) is 4.72. The third-order valence-electron chi connectivity index (χ3n) is 4.99. The molecule has 142 valence electrons. The number of para-hydroxylation sites is 2. The number of rotatable bonds is 3. The van der Waals surface area contributed by atoms with Gasteiger partial charge in [-0.05, 0) is 47.9 Å². The zero-order valence-electron chi connectivity index (χ0n) is 15.8. The summed E-state index contributed by atoms with van der Waals surface area (Å²) < 4.78 is 21.2. The van der Waals surface area contributed by atoms with E-state index in [4.69, 9.17) is 14.8 Å². The highest BCUT2D eigenvalue weighted by Gasteiger charge is 2.27. The molecule has 0 fully saturated rings. The van der Waals surface area contributed by atoms with Crippen molar-refractivity contribution < 1.29 is 9.13 Å². The van der Waals surface area contributed by atoms with Crippen molar-refractivity contribution in [2.75, 3.05) is 0 Å². The van der Waals surface area contributed by atoms with E-state index in [2.05, 4.69) is 6.07 Å². The molecule has 0 bridgehead atoms. The van der Waals surface area contributed by atoms with Gasteiger partial charge in [0.1, 0.15) is 11.6 Å². The van der Waals surface area contributed by atoms with E-state index in [0.29, 0.717) is 18.1 Å². The van der Waals surface area contributed by atoms with Crippen molar-refractivity contribution in [2.45, 2.75) is 13.3 Å². The lowest BCUT2D eigenvalue weighted by Gasteiger charge is -2.17. The number of hydrogen-bond donors (Lipinski definition) is 0. The molecule has 3 aromatic carbocycles. The highest BCUT2D eigenvalue weighted by molar-refractivity contribution is 5.82. The summed E-state index contributed by atoms with van der Waals surface area (Å²) in [5, 5.41) is 4.71. The molecule has 0 amide bonds.